The molecule has 0 bridgehead atoms. The Kier molecular flexibility index (Phi) is 6.99. The summed E-state index contributed by atoms with van der Waals surface area (Å²) in [6, 6.07) is 8.91. The number of benzene rings is 1. The monoisotopic (exact) mass is 438 g/mol. The molecule has 1 fully saturated rings. The molecule has 0 radical (unpaired) electrons. The summed E-state index contributed by atoms with van der Waals surface area (Å²) in [4.78, 5) is 19.1. The van der Waals surface area contributed by atoms with Gasteiger partial charge >= 0.3 is 0 Å². The normalized spacial score (nSPS) is 15.2. The molecule has 1 aliphatic rings. The maximum absolute atomic E-state index is 14.1. The summed E-state index contributed by atoms with van der Waals surface area (Å²) in [7, 11) is 1.90. The molecule has 2 aromatic heterocycles. The summed E-state index contributed by atoms with van der Waals surface area (Å²) < 4.78 is 18.0. The number of hydrogen-bond donors (Lipinski definition) is 1. The van der Waals surface area contributed by atoms with Crippen molar-refractivity contribution in [1.29, 1.82) is 0 Å². The number of amides is 1. The largest absolute Gasteiger partial charge is 0.353 e. The second kappa shape index (κ2) is 10.1. The number of carbonyl (C=O) groups excluding carboxylic acids is 1. The molecule has 0 spiro atoms. The third kappa shape index (κ3) is 5.24. The van der Waals surface area contributed by atoms with Gasteiger partial charge in [-0.3, -0.25) is 14.4 Å². The van der Waals surface area contributed by atoms with Gasteiger partial charge in [0.1, 0.15) is 11.6 Å². The summed E-state index contributed by atoms with van der Waals surface area (Å²) in [5.74, 6) is 0.854. The number of nitrogens with one attached hydrogen (secondary N) is 1. The van der Waals surface area contributed by atoms with Gasteiger partial charge in [0.25, 0.3) is 0 Å². The van der Waals surface area contributed by atoms with Gasteiger partial charge in [-0.15, -0.1) is 0 Å². The van der Waals surface area contributed by atoms with Gasteiger partial charge in [-0.05, 0) is 31.0 Å². The topological polar surface area (TPSA) is 68.0 Å². The number of nitrogens with zero attached hydrogens (tertiary/aromatic N) is 5. The second-order valence-electron chi connectivity index (χ2n) is 8.38. The number of aromatic nitrogens is 4. The van der Waals surface area contributed by atoms with Gasteiger partial charge in [-0.25, -0.2) is 9.37 Å². The Bertz CT molecular complexity index is 1050. The molecule has 32 heavy (non-hydrogen) atoms. The summed E-state index contributed by atoms with van der Waals surface area (Å²) in [6.45, 7) is 5.32. The Labute approximate surface area is 188 Å². The van der Waals surface area contributed by atoms with Crippen molar-refractivity contribution in [2.24, 2.45) is 7.05 Å². The van der Waals surface area contributed by atoms with Gasteiger partial charge in [0.05, 0.1) is 11.4 Å². The molecule has 1 N–H and O–H groups in total. The van der Waals surface area contributed by atoms with Crippen LogP contribution in [0, 0.1) is 5.82 Å². The Balaban J connectivity index is 1.25. The lowest BCUT2D eigenvalue weighted by molar-refractivity contribution is -0.122. The van der Waals surface area contributed by atoms with E-state index in [1.165, 1.54) is 6.07 Å². The number of aryl methyl sites for hydroxylation is 3. The Morgan fingerprint density at radius 1 is 1.25 bits per heavy atom. The Morgan fingerprint density at radius 3 is 2.78 bits per heavy atom. The average Bonchev–Trinajstić information content (AvgIpc) is 3.40. The molecule has 1 aliphatic heterocycles. The zero-order chi connectivity index (χ0) is 22.5. The van der Waals surface area contributed by atoms with Gasteiger partial charge in [0.15, 0.2) is 0 Å². The van der Waals surface area contributed by atoms with Crippen LogP contribution in [0.2, 0.25) is 0 Å². The number of rotatable bonds is 8. The van der Waals surface area contributed by atoms with Gasteiger partial charge in [0.2, 0.25) is 5.91 Å². The van der Waals surface area contributed by atoms with E-state index in [9.17, 15) is 9.18 Å². The molecular formula is C24H31FN6O. The van der Waals surface area contributed by atoms with Crippen molar-refractivity contribution in [2.45, 2.75) is 51.7 Å². The minimum absolute atomic E-state index is 0.0976. The minimum atomic E-state index is -0.257. The molecule has 1 saturated heterocycles. The second-order valence-corrected chi connectivity index (χ2v) is 8.38. The van der Waals surface area contributed by atoms with Crippen LogP contribution in [0.1, 0.15) is 37.7 Å². The molecule has 8 heteroatoms. The van der Waals surface area contributed by atoms with Crippen molar-refractivity contribution in [3.8, 4) is 11.3 Å². The summed E-state index contributed by atoms with van der Waals surface area (Å²) >= 11 is 0. The first kappa shape index (κ1) is 22.2. The van der Waals surface area contributed by atoms with Crippen molar-refractivity contribution in [2.75, 3.05) is 13.1 Å². The van der Waals surface area contributed by atoms with Crippen molar-refractivity contribution in [3.63, 3.8) is 0 Å². The zero-order valence-corrected chi connectivity index (χ0v) is 18.8. The summed E-state index contributed by atoms with van der Waals surface area (Å²) in [6.07, 6.45) is 6.90. The quantitative estimate of drug-likeness (QED) is 0.587. The summed E-state index contributed by atoms with van der Waals surface area (Å²) in [5, 5.41) is 7.69. The average molecular weight is 439 g/mol. The number of halogens is 1. The maximum Gasteiger partial charge on any atom is 0.222 e. The van der Waals surface area contributed by atoms with E-state index in [0.717, 1.165) is 50.4 Å². The van der Waals surface area contributed by atoms with Crippen LogP contribution in [0.5, 0.6) is 0 Å². The number of imidazole rings is 1. The van der Waals surface area contributed by atoms with E-state index in [2.05, 4.69) is 27.2 Å². The molecule has 1 aromatic carbocycles. The zero-order valence-electron chi connectivity index (χ0n) is 18.8. The fourth-order valence-electron chi connectivity index (χ4n) is 4.30. The van der Waals surface area contributed by atoms with Crippen LogP contribution in [0.4, 0.5) is 4.39 Å². The van der Waals surface area contributed by atoms with Gasteiger partial charge in [-0.1, -0.05) is 19.1 Å². The maximum atomic E-state index is 14.1. The molecule has 0 aliphatic carbocycles. The molecule has 3 heterocycles. The lowest BCUT2D eigenvalue weighted by atomic mass is 10.0. The molecule has 0 saturated carbocycles. The number of hydrogen-bond acceptors (Lipinski definition) is 4. The van der Waals surface area contributed by atoms with Gasteiger partial charge in [0, 0.05) is 70.1 Å². The SMILES string of the molecule is CCc1nccn1CCC(=O)NC1CCN(Cc2cc(-c3ccccc3F)nn2C)CC1. The third-order valence-electron chi connectivity index (χ3n) is 6.16. The van der Waals surface area contributed by atoms with E-state index in [-0.39, 0.29) is 17.8 Å². The first-order chi connectivity index (χ1) is 15.5. The molecule has 1 amide bonds. The lowest BCUT2D eigenvalue weighted by Gasteiger charge is -2.32. The van der Waals surface area contributed by atoms with E-state index < -0.39 is 0 Å². The smallest absolute Gasteiger partial charge is 0.222 e. The highest BCUT2D eigenvalue weighted by Gasteiger charge is 2.22. The molecular weight excluding hydrogens is 407 g/mol. The van der Waals surface area contributed by atoms with Gasteiger partial charge < -0.3 is 9.88 Å². The van der Waals surface area contributed by atoms with E-state index in [0.29, 0.717) is 24.2 Å². The van der Waals surface area contributed by atoms with Crippen LogP contribution >= 0.6 is 0 Å². The van der Waals surface area contributed by atoms with Crippen molar-refractivity contribution in [1.82, 2.24) is 29.5 Å². The van der Waals surface area contributed by atoms with Crippen LogP contribution in [0.15, 0.2) is 42.7 Å². The van der Waals surface area contributed by atoms with Crippen molar-refractivity contribution >= 4 is 5.91 Å². The molecule has 3 aromatic rings. The fraction of sp³-hybridized carbons (Fsp3) is 0.458. The first-order valence-corrected chi connectivity index (χ1v) is 11.3. The van der Waals surface area contributed by atoms with Gasteiger partial charge in [-0.2, -0.15) is 5.10 Å². The fourth-order valence-corrected chi connectivity index (χ4v) is 4.30. The van der Waals surface area contributed by atoms with E-state index in [1.54, 1.807) is 18.3 Å². The minimum Gasteiger partial charge on any atom is -0.353 e. The number of likely N-dealkylation sites (tertiary alicyclic amines) is 1. The Hall–Kier alpha value is -3.00. The number of piperidine rings is 1. The lowest BCUT2D eigenvalue weighted by Crippen LogP contribution is -2.44. The highest BCUT2D eigenvalue weighted by Crippen LogP contribution is 2.23. The molecule has 7 nitrogen and oxygen atoms in total. The van der Waals surface area contributed by atoms with Crippen molar-refractivity contribution < 1.29 is 9.18 Å². The van der Waals surface area contributed by atoms with Crippen LogP contribution in [0.25, 0.3) is 11.3 Å². The van der Waals surface area contributed by atoms with Crippen LogP contribution in [0.3, 0.4) is 0 Å². The number of carbonyl (C=O) groups is 1. The van der Waals surface area contributed by atoms with E-state index in [1.807, 2.05) is 34.6 Å². The predicted molar refractivity (Wildman–Crippen MR) is 121 cm³/mol. The standard InChI is InChI=1S/C24H31FN6O/c1-3-23-26-11-15-31(23)14-10-24(32)27-18-8-12-30(13-9-18)17-19-16-22(28-29(19)2)20-6-4-5-7-21(20)25/h4-7,11,15-16,18H,3,8-10,12-14,17H2,1-2H3,(H,27,32). The van der Waals surface area contributed by atoms with Crippen LogP contribution in [-0.4, -0.2) is 49.3 Å². The predicted octanol–water partition coefficient (Wildman–Crippen LogP) is 3.16. The molecule has 4 rings (SSSR count). The highest BCUT2D eigenvalue weighted by atomic mass is 19.1. The molecule has 170 valence electrons. The first-order valence-electron chi connectivity index (χ1n) is 11.3. The van der Waals surface area contributed by atoms with Crippen molar-refractivity contribution in [3.05, 3.63) is 60.1 Å². The van der Waals surface area contributed by atoms with E-state index in [4.69, 9.17) is 0 Å². The Morgan fingerprint density at radius 2 is 2.03 bits per heavy atom. The van der Waals surface area contributed by atoms with Crippen LogP contribution < -0.4 is 5.32 Å². The highest BCUT2D eigenvalue weighted by molar-refractivity contribution is 5.76. The molecule has 0 unspecified atom stereocenters. The third-order valence-corrected chi connectivity index (χ3v) is 6.16. The van der Waals surface area contributed by atoms with Crippen LogP contribution in [-0.2, 0) is 31.4 Å². The summed E-state index contributed by atoms with van der Waals surface area (Å²) in [5.41, 5.74) is 2.24. The van der Waals surface area contributed by atoms with E-state index >= 15 is 0 Å². The molecule has 0 atom stereocenters.